The van der Waals surface area contributed by atoms with Crippen LogP contribution in [0.4, 0.5) is 4.79 Å². The van der Waals surface area contributed by atoms with Gasteiger partial charge in [-0.05, 0) is 41.5 Å². The normalized spacial score (nSPS) is 14.4. The highest BCUT2D eigenvalue weighted by Gasteiger charge is 2.23. The molecular weight excluding hydrogens is 474 g/mol. The number of thiophene rings is 1. The Kier molecular flexibility index (Phi) is 6.26. The molecule has 1 aliphatic heterocycles. The van der Waals surface area contributed by atoms with E-state index in [0.29, 0.717) is 47.7 Å². The third-order valence-electron chi connectivity index (χ3n) is 5.90. The monoisotopic (exact) mass is 495 g/mol. The maximum Gasteiger partial charge on any atom is 0.407 e. The van der Waals surface area contributed by atoms with Gasteiger partial charge in [0.05, 0.1) is 18.4 Å². The van der Waals surface area contributed by atoms with Crippen LogP contribution in [0.2, 0.25) is 5.02 Å². The van der Waals surface area contributed by atoms with Crippen LogP contribution in [0.3, 0.4) is 0 Å². The number of piperidine rings is 1. The van der Waals surface area contributed by atoms with Crippen LogP contribution in [0.25, 0.3) is 20.7 Å². The fraction of sp³-hybridized carbons (Fsp3) is 0.240. The molecule has 1 amide bonds. The third-order valence-corrected chi connectivity index (χ3v) is 7.31. The molecule has 0 unspecified atom stereocenters. The van der Waals surface area contributed by atoms with E-state index in [1.807, 2.05) is 54.6 Å². The average Bonchev–Trinajstić information content (AvgIpc) is 3.27. The van der Waals surface area contributed by atoms with E-state index >= 15 is 0 Å². The fourth-order valence-corrected chi connectivity index (χ4v) is 5.28. The van der Waals surface area contributed by atoms with Gasteiger partial charge in [-0.1, -0.05) is 35.9 Å². The van der Waals surface area contributed by atoms with Crippen molar-refractivity contribution < 1.29 is 14.6 Å². The van der Waals surface area contributed by atoms with Gasteiger partial charge in [-0.2, -0.15) is 0 Å². The summed E-state index contributed by atoms with van der Waals surface area (Å²) in [5, 5.41) is 9.77. The minimum Gasteiger partial charge on any atom is -0.490 e. The Morgan fingerprint density at radius 2 is 1.91 bits per heavy atom. The fourth-order valence-electron chi connectivity index (χ4n) is 4.09. The predicted octanol–water partition coefficient (Wildman–Crippen LogP) is 5.35. The number of benzene rings is 2. The maximum atomic E-state index is 13.1. The summed E-state index contributed by atoms with van der Waals surface area (Å²) in [5.74, 6) is 0.717. The Bertz CT molecular complexity index is 1390. The predicted molar refractivity (Wildman–Crippen MR) is 133 cm³/mol. The van der Waals surface area contributed by atoms with Crippen LogP contribution in [0.15, 0.2) is 65.7 Å². The molecule has 2 aromatic carbocycles. The van der Waals surface area contributed by atoms with Gasteiger partial charge in [0.25, 0.3) is 5.56 Å². The molecule has 9 heteroatoms. The lowest BCUT2D eigenvalue weighted by Gasteiger charge is -2.30. The van der Waals surface area contributed by atoms with Crippen molar-refractivity contribution in [1.29, 1.82) is 0 Å². The molecule has 0 radical (unpaired) electrons. The molecule has 1 fully saturated rings. The Balaban J connectivity index is 1.32. The number of carboxylic acid groups (broad SMARTS) is 1. The smallest absolute Gasteiger partial charge is 0.407 e. The Morgan fingerprint density at radius 3 is 2.65 bits per heavy atom. The van der Waals surface area contributed by atoms with E-state index in [4.69, 9.17) is 21.4 Å². The zero-order chi connectivity index (χ0) is 23.7. The van der Waals surface area contributed by atoms with Gasteiger partial charge < -0.3 is 14.7 Å². The van der Waals surface area contributed by atoms with Crippen molar-refractivity contribution in [3.8, 4) is 16.2 Å². The average molecular weight is 496 g/mol. The Hall–Kier alpha value is -3.36. The summed E-state index contributed by atoms with van der Waals surface area (Å²) >= 11 is 7.42. The van der Waals surface area contributed by atoms with Crippen LogP contribution in [-0.4, -0.2) is 44.8 Å². The number of nitrogens with zero attached hydrogens (tertiary/aromatic N) is 3. The van der Waals surface area contributed by atoms with Crippen molar-refractivity contribution in [3.63, 3.8) is 0 Å². The zero-order valence-electron chi connectivity index (χ0n) is 18.2. The summed E-state index contributed by atoms with van der Waals surface area (Å²) in [6.45, 7) is 1.32. The van der Waals surface area contributed by atoms with E-state index in [1.54, 1.807) is 10.9 Å². The first-order chi connectivity index (χ1) is 16.5. The molecule has 0 bridgehead atoms. The number of hydrogen-bond donors (Lipinski definition) is 1. The number of amides is 1. The molecule has 0 aliphatic carbocycles. The molecule has 1 aliphatic rings. The van der Waals surface area contributed by atoms with Crippen LogP contribution in [0.5, 0.6) is 5.75 Å². The lowest BCUT2D eigenvalue weighted by Crippen LogP contribution is -2.41. The number of carbonyl (C=O) groups is 1. The van der Waals surface area contributed by atoms with Crippen molar-refractivity contribution in [3.05, 3.63) is 81.9 Å². The number of hydrogen-bond acceptors (Lipinski definition) is 5. The highest BCUT2D eigenvalue weighted by atomic mass is 35.5. The molecule has 1 N–H and O–H groups in total. The van der Waals surface area contributed by atoms with E-state index in [0.717, 1.165) is 21.8 Å². The van der Waals surface area contributed by atoms with Crippen LogP contribution in [0.1, 0.15) is 18.4 Å². The van der Waals surface area contributed by atoms with Gasteiger partial charge >= 0.3 is 6.09 Å². The summed E-state index contributed by atoms with van der Waals surface area (Å²) in [7, 11) is 0. The maximum absolute atomic E-state index is 13.1. The molecule has 2 aromatic heterocycles. The first-order valence-corrected chi connectivity index (χ1v) is 12.1. The van der Waals surface area contributed by atoms with E-state index < -0.39 is 6.09 Å². The SMILES string of the molecule is O=C(O)N1CCC(Oc2cccc(Cn3cnc4cc(-c5ccc(Cl)cc5)sc4c3=O)c2)CC1. The second-order valence-corrected chi connectivity index (χ2v) is 9.73. The number of rotatable bonds is 5. The summed E-state index contributed by atoms with van der Waals surface area (Å²) in [6.07, 6.45) is 1.99. The number of aromatic nitrogens is 2. The van der Waals surface area contributed by atoms with Crippen LogP contribution in [0, 0.1) is 0 Å². The Morgan fingerprint density at radius 1 is 1.15 bits per heavy atom. The van der Waals surface area contributed by atoms with Gasteiger partial charge in [-0.15, -0.1) is 11.3 Å². The highest BCUT2D eigenvalue weighted by molar-refractivity contribution is 7.22. The zero-order valence-corrected chi connectivity index (χ0v) is 19.8. The topological polar surface area (TPSA) is 84.7 Å². The number of halogens is 1. The molecular formula is C25H22ClN3O4S. The molecule has 3 heterocycles. The highest BCUT2D eigenvalue weighted by Crippen LogP contribution is 2.31. The first-order valence-electron chi connectivity index (χ1n) is 10.9. The number of likely N-dealkylation sites (tertiary alicyclic amines) is 1. The second kappa shape index (κ2) is 9.48. The molecule has 174 valence electrons. The van der Waals surface area contributed by atoms with E-state index in [1.165, 1.54) is 16.2 Å². The first kappa shape index (κ1) is 22.4. The molecule has 0 atom stereocenters. The van der Waals surface area contributed by atoms with Gasteiger partial charge in [0.2, 0.25) is 0 Å². The summed E-state index contributed by atoms with van der Waals surface area (Å²) in [6, 6.07) is 17.1. The lowest BCUT2D eigenvalue weighted by atomic mass is 10.1. The van der Waals surface area contributed by atoms with Crippen molar-refractivity contribution in [2.24, 2.45) is 0 Å². The van der Waals surface area contributed by atoms with Crippen molar-refractivity contribution >= 4 is 39.2 Å². The third kappa shape index (κ3) is 4.78. The molecule has 7 nitrogen and oxygen atoms in total. The van der Waals surface area contributed by atoms with E-state index in [-0.39, 0.29) is 11.7 Å². The molecule has 5 rings (SSSR count). The summed E-state index contributed by atoms with van der Waals surface area (Å²) in [5.41, 5.74) is 2.53. The lowest BCUT2D eigenvalue weighted by molar-refractivity contribution is 0.0894. The van der Waals surface area contributed by atoms with Gasteiger partial charge in [-0.25, -0.2) is 9.78 Å². The number of ether oxygens (including phenoxy) is 1. The summed E-state index contributed by atoms with van der Waals surface area (Å²) < 4.78 is 8.31. The van der Waals surface area contributed by atoms with Gasteiger partial charge in [0, 0.05) is 35.8 Å². The minimum absolute atomic E-state index is 0.0241. The quantitative estimate of drug-likeness (QED) is 0.403. The molecule has 34 heavy (non-hydrogen) atoms. The largest absolute Gasteiger partial charge is 0.490 e. The van der Waals surface area contributed by atoms with Gasteiger partial charge in [-0.3, -0.25) is 9.36 Å². The van der Waals surface area contributed by atoms with E-state index in [9.17, 15) is 9.59 Å². The van der Waals surface area contributed by atoms with Gasteiger partial charge in [0.1, 0.15) is 16.6 Å². The van der Waals surface area contributed by atoms with Gasteiger partial charge in [0.15, 0.2) is 0 Å². The molecule has 0 spiro atoms. The standard InChI is InChI=1S/C25H22ClN3O4S/c26-18-6-4-17(5-7-18)22-13-21-23(34-22)24(30)29(15-27-21)14-16-2-1-3-20(12-16)33-19-8-10-28(11-9-19)25(31)32/h1-7,12-13,15,19H,8-11,14H2,(H,31,32). The molecule has 1 saturated heterocycles. The van der Waals surface area contributed by atoms with Crippen molar-refractivity contribution in [2.45, 2.75) is 25.5 Å². The van der Waals surface area contributed by atoms with Crippen LogP contribution in [-0.2, 0) is 6.54 Å². The number of fused-ring (bicyclic) bond motifs is 1. The van der Waals surface area contributed by atoms with Crippen molar-refractivity contribution in [2.75, 3.05) is 13.1 Å². The van der Waals surface area contributed by atoms with Crippen molar-refractivity contribution in [1.82, 2.24) is 14.5 Å². The molecule has 4 aromatic rings. The second-order valence-electron chi connectivity index (χ2n) is 8.24. The summed E-state index contributed by atoms with van der Waals surface area (Å²) in [4.78, 5) is 31.1. The van der Waals surface area contributed by atoms with Crippen LogP contribution < -0.4 is 10.3 Å². The minimum atomic E-state index is -0.887. The molecule has 0 saturated carbocycles. The Labute approximate surface area is 204 Å². The van der Waals surface area contributed by atoms with E-state index in [2.05, 4.69) is 4.98 Å². The van der Waals surface area contributed by atoms with Crippen LogP contribution >= 0.6 is 22.9 Å².